The molecule has 30 heavy (non-hydrogen) atoms. The molecule has 0 saturated heterocycles. The van der Waals surface area contributed by atoms with Crippen LogP contribution in [0.15, 0.2) is 78.7 Å². The zero-order valence-electron chi connectivity index (χ0n) is 15.0. The average molecular weight is 605 g/mol. The smallest absolute Gasteiger partial charge is 0.249 e. The SMILES string of the molecule is ClP1(Cl)=NP(Cl)(Cl)=NP(Cl)(NCc2ccccc2)=NP(Cl)(NCc2ccccc2)=N1. The number of rotatable bonds is 6. The number of nitrogens with zero attached hydrogens (tertiary/aromatic N) is 4. The lowest BCUT2D eigenvalue weighted by atomic mass is 10.2. The van der Waals surface area contributed by atoms with E-state index in [1.165, 1.54) is 0 Å². The molecule has 2 atom stereocenters. The maximum absolute atomic E-state index is 6.78. The van der Waals surface area contributed by atoms with Gasteiger partial charge in [0, 0.05) is 13.1 Å². The third-order valence-electron chi connectivity index (χ3n) is 3.56. The highest BCUT2D eigenvalue weighted by atomic mass is 35.9. The van der Waals surface area contributed by atoms with Crippen LogP contribution in [-0.2, 0) is 13.1 Å². The van der Waals surface area contributed by atoms with Gasteiger partial charge in [0.25, 0.3) is 11.8 Å². The van der Waals surface area contributed by atoms with E-state index in [1.807, 2.05) is 60.7 Å². The van der Waals surface area contributed by atoms with Crippen molar-refractivity contribution >= 4 is 92.7 Å². The lowest BCUT2D eigenvalue weighted by Crippen LogP contribution is -2.09. The molecular formula is C14H16Cl6N6P4. The molecule has 0 aliphatic carbocycles. The summed E-state index contributed by atoms with van der Waals surface area (Å²) in [6.07, 6.45) is 0. The molecule has 1 heterocycles. The lowest BCUT2D eigenvalue weighted by molar-refractivity contribution is 0.950. The summed E-state index contributed by atoms with van der Waals surface area (Å²) < 4.78 is 17.3. The molecule has 0 aromatic heterocycles. The Morgan fingerprint density at radius 1 is 0.533 bits per heavy atom. The maximum Gasteiger partial charge on any atom is 0.257 e. The molecule has 16 heteroatoms. The van der Waals surface area contributed by atoms with Crippen LogP contribution in [0.25, 0.3) is 0 Å². The minimum absolute atomic E-state index is 0.372. The van der Waals surface area contributed by atoms with Crippen LogP contribution in [-0.4, -0.2) is 0 Å². The molecule has 2 aromatic rings. The van der Waals surface area contributed by atoms with Crippen molar-refractivity contribution in [2.75, 3.05) is 0 Å². The molecule has 2 unspecified atom stereocenters. The van der Waals surface area contributed by atoms with Crippen LogP contribution in [0, 0.1) is 0 Å². The maximum atomic E-state index is 6.78. The highest BCUT2D eigenvalue weighted by molar-refractivity contribution is 8.21. The van der Waals surface area contributed by atoms with Gasteiger partial charge in [-0.15, -0.1) is 0 Å². The number of hydrogen-bond donors (Lipinski definition) is 2. The first-order valence-corrected chi connectivity index (χ1v) is 20.5. The fourth-order valence-electron chi connectivity index (χ4n) is 2.35. The predicted octanol–water partition coefficient (Wildman–Crippen LogP) is 10.8. The summed E-state index contributed by atoms with van der Waals surface area (Å²) in [5.74, 6) is -6.65. The van der Waals surface area contributed by atoms with E-state index >= 15 is 0 Å². The lowest BCUT2D eigenvalue weighted by Gasteiger charge is -2.24. The van der Waals surface area contributed by atoms with Crippen LogP contribution < -0.4 is 10.2 Å². The van der Waals surface area contributed by atoms with Gasteiger partial charge in [-0.05, 0) is 78.6 Å². The van der Waals surface area contributed by atoms with Gasteiger partial charge in [0.2, 0.25) is 13.4 Å². The summed E-state index contributed by atoms with van der Waals surface area (Å²) in [6.45, 7) is -5.65. The first-order chi connectivity index (χ1) is 14.0. The second kappa shape index (κ2) is 10.5. The molecule has 0 fully saturated rings. The summed E-state index contributed by atoms with van der Waals surface area (Å²) in [7, 11) is 0. The Morgan fingerprint density at radius 3 is 1.40 bits per heavy atom. The molecule has 6 nitrogen and oxygen atoms in total. The Balaban J connectivity index is 2.01. The summed E-state index contributed by atoms with van der Waals surface area (Å²) in [5.41, 5.74) is 1.94. The van der Waals surface area contributed by atoms with Crippen molar-refractivity contribution in [2.24, 2.45) is 18.1 Å². The van der Waals surface area contributed by atoms with Crippen molar-refractivity contribution in [1.29, 1.82) is 0 Å². The van der Waals surface area contributed by atoms with Gasteiger partial charge in [-0.1, -0.05) is 60.7 Å². The first-order valence-electron chi connectivity index (χ1n) is 8.30. The average Bonchev–Trinajstić information content (AvgIpc) is 2.64. The molecule has 1 aliphatic rings. The number of nitrogens with one attached hydrogen (secondary N) is 2. The molecule has 0 radical (unpaired) electrons. The van der Waals surface area contributed by atoms with Crippen LogP contribution in [0.4, 0.5) is 0 Å². The molecular weight excluding hydrogens is 589 g/mol. The van der Waals surface area contributed by atoms with Crippen molar-refractivity contribution in [3.8, 4) is 0 Å². The molecule has 164 valence electrons. The fourth-order valence-corrected chi connectivity index (χ4v) is 24.3. The molecule has 2 N–H and O–H groups in total. The van der Waals surface area contributed by atoms with Crippen LogP contribution in [0.5, 0.6) is 0 Å². The largest absolute Gasteiger partial charge is 0.257 e. The van der Waals surface area contributed by atoms with Crippen LogP contribution in [0.2, 0.25) is 0 Å². The second-order valence-electron chi connectivity index (χ2n) is 5.96. The van der Waals surface area contributed by atoms with Crippen molar-refractivity contribution in [1.82, 2.24) is 10.2 Å². The third kappa shape index (κ3) is 8.11. The van der Waals surface area contributed by atoms with Gasteiger partial charge in [0.1, 0.15) is 0 Å². The van der Waals surface area contributed by atoms with Crippen LogP contribution in [0.3, 0.4) is 0 Å². The molecule has 0 amide bonds. The van der Waals surface area contributed by atoms with Crippen LogP contribution >= 0.6 is 92.7 Å². The van der Waals surface area contributed by atoms with E-state index < -0.39 is 25.2 Å². The van der Waals surface area contributed by atoms with Crippen molar-refractivity contribution in [3.05, 3.63) is 71.8 Å². The van der Waals surface area contributed by atoms with Gasteiger partial charge >= 0.3 is 0 Å². The van der Waals surface area contributed by atoms with Crippen molar-refractivity contribution in [3.63, 3.8) is 0 Å². The molecule has 0 spiro atoms. The first kappa shape index (κ1) is 25.6. The van der Waals surface area contributed by atoms with Gasteiger partial charge < -0.3 is 0 Å². The summed E-state index contributed by atoms with van der Waals surface area (Å²) in [6, 6.07) is 19.2. The quantitative estimate of drug-likeness (QED) is 0.322. The highest BCUT2D eigenvalue weighted by Gasteiger charge is 2.32. The molecule has 1 aliphatic heterocycles. The van der Waals surface area contributed by atoms with Crippen LogP contribution in [0.1, 0.15) is 11.1 Å². The van der Waals surface area contributed by atoms with E-state index in [4.69, 9.17) is 67.4 Å². The fraction of sp³-hybridized carbons (Fsp3) is 0.143. The summed E-state index contributed by atoms with van der Waals surface area (Å²) in [5, 5.41) is 6.26. The van der Waals surface area contributed by atoms with Gasteiger partial charge in [-0.25, -0.2) is 10.2 Å². The molecule has 0 bridgehead atoms. The monoisotopic (exact) mass is 602 g/mol. The van der Waals surface area contributed by atoms with E-state index in [9.17, 15) is 0 Å². The zero-order valence-corrected chi connectivity index (χ0v) is 23.1. The van der Waals surface area contributed by atoms with Crippen molar-refractivity contribution in [2.45, 2.75) is 13.1 Å². The normalized spacial score (nSPS) is 27.4. The number of hydrogen-bond acceptors (Lipinski definition) is 6. The van der Waals surface area contributed by atoms with Gasteiger partial charge in [-0.3, -0.25) is 0 Å². The highest BCUT2D eigenvalue weighted by Crippen LogP contribution is 2.84. The Bertz CT molecular complexity index is 1060. The molecule has 3 rings (SSSR count). The Labute approximate surface area is 204 Å². The standard InChI is InChI=1S/C14H16Cl6N6P4/c15-27(16)23-28(17,18)25-30(20,22-12-14-9-5-2-6-10-14)26-29(19,24-27)21-11-13-7-3-1-4-8-13/h1-10,21-22H,11-12H2. The van der Waals surface area contributed by atoms with E-state index in [1.54, 1.807) is 0 Å². The van der Waals surface area contributed by atoms with Gasteiger partial charge in [0.15, 0.2) is 0 Å². The minimum atomic E-state index is -3.33. The van der Waals surface area contributed by atoms with E-state index in [-0.39, 0.29) is 0 Å². The topological polar surface area (TPSA) is 73.5 Å². The third-order valence-corrected chi connectivity index (χ3v) is 19.9. The molecule has 2 aromatic carbocycles. The minimum Gasteiger partial charge on any atom is -0.249 e. The van der Waals surface area contributed by atoms with E-state index in [0.29, 0.717) is 13.1 Å². The summed E-state index contributed by atoms with van der Waals surface area (Å²) >= 11 is 38.8. The van der Waals surface area contributed by atoms with Gasteiger partial charge in [-0.2, -0.15) is 18.1 Å². The Hall–Kier alpha value is 1.02. The van der Waals surface area contributed by atoms with Gasteiger partial charge in [0.05, 0.1) is 0 Å². The second-order valence-corrected chi connectivity index (χ2v) is 22.9. The van der Waals surface area contributed by atoms with E-state index in [2.05, 4.69) is 28.2 Å². The molecule has 0 saturated carbocycles. The Morgan fingerprint density at radius 2 is 0.933 bits per heavy atom. The number of benzene rings is 2. The zero-order chi connectivity index (χ0) is 21.9. The summed E-state index contributed by atoms with van der Waals surface area (Å²) in [4.78, 5) is 0. The Kier molecular flexibility index (Phi) is 8.99. The van der Waals surface area contributed by atoms with Crippen molar-refractivity contribution < 1.29 is 0 Å². The number of halogens is 6. The van der Waals surface area contributed by atoms with E-state index in [0.717, 1.165) is 11.1 Å². The predicted molar refractivity (Wildman–Crippen MR) is 139 cm³/mol.